The molecule has 0 fully saturated rings. The summed E-state index contributed by atoms with van der Waals surface area (Å²) in [6.45, 7) is 2.10. The molecule has 1 atom stereocenters. The summed E-state index contributed by atoms with van der Waals surface area (Å²) in [6, 6.07) is 0.514. The van der Waals surface area contributed by atoms with Crippen molar-refractivity contribution in [2.24, 2.45) is 10.7 Å². The standard InChI is InChI=1S/C4H8N2Se/c1-3-2-7-4(5)6-3/h3H,2H2,1H3,(H2,5,6). The van der Waals surface area contributed by atoms with E-state index in [0.717, 1.165) is 4.73 Å². The van der Waals surface area contributed by atoms with Crippen molar-refractivity contribution in [1.82, 2.24) is 0 Å². The van der Waals surface area contributed by atoms with E-state index in [1.165, 1.54) is 5.32 Å². The monoisotopic (exact) mass is 164 g/mol. The molecular formula is C4H8N2Se. The summed E-state index contributed by atoms with van der Waals surface area (Å²) in [5, 5.41) is 1.21. The van der Waals surface area contributed by atoms with E-state index in [0.29, 0.717) is 21.0 Å². The zero-order valence-electron chi connectivity index (χ0n) is 4.22. The second-order valence-electron chi connectivity index (χ2n) is 1.63. The Morgan fingerprint density at radius 2 is 2.71 bits per heavy atom. The second kappa shape index (κ2) is 1.85. The molecule has 0 aromatic carbocycles. The van der Waals surface area contributed by atoms with Crippen LogP contribution in [0.25, 0.3) is 0 Å². The van der Waals surface area contributed by atoms with E-state index in [4.69, 9.17) is 5.73 Å². The average Bonchev–Trinajstić information content (AvgIpc) is 1.87. The van der Waals surface area contributed by atoms with E-state index in [1.807, 2.05) is 0 Å². The van der Waals surface area contributed by atoms with Crippen LogP contribution in [-0.2, 0) is 0 Å². The fraction of sp³-hybridized carbons (Fsp3) is 0.750. The van der Waals surface area contributed by atoms with Gasteiger partial charge in [-0.1, -0.05) is 0 Å². The predicted molar refractivity (Wildman–Crippen MR) is 31.6 cm³/mol. The number of hydrogen-bond acceptors (Lipinski definition) is 2. The second-order valence-corrected chi connectivity index (χ2v) is 3.81. The normalized spacial score (nSPS) is 30.4. The number of amidine groups is 1. The van der Waals surface area contributed by atoms with Crippen molar-refractivity contribution in [2.45, 2.75) is 18.3 Å². The van der Waals surface area contributed by atoms with Crippen LogP contribution < -0.4 is 5.73 Å². The molecule has 0 spiro atoms. The Labute approximate surface area is 49.3 Å². The van der Waals surface area contributed by atoms with E-state index in [9.17, 15) is 0 Å². The van der Waals surface area contributed by atoms with E-state index < -0.39 is 0 Å². The van der Waals surface area contributed by atoms with E-state index in [1.54, 1.807) is 0 Å². The fourth-order valence-electron chi connectivity index (χ4n) is 0.498. The molecule has 0 radical (unpaired) electrons. The molecule has 1 aliphatic rings. The van der Waals surface area contributed by atoms with Gasteiger partial charge < -0.3 is 0 Å². The molecule has 1 rings (SSSR count). The van der Waals surface area contributed by atoms with Crippen LogP contribution in [0, 0.1) is 0 Å². The number of nitrogens with two attached hydrogens (primary N) is 1. The van der Waals surface area contributed by atoms with Gasteiger partial charge in [0.15, 0.2) is 0 Å². The van der Waals surface area contributed by atoms with Crippen molar-refractivity contribution >= 4 is 19.7 Å². The van der Waals surface area contributed by atoms with Crippen LogP contribution >= 0.6 is 0 Å². The Hall–Kier alpha value is -0.0105. The third-order valence-corrected chi connectivity index (χ3v) is 3.02. The molecule has 0 saturated heterocycles. The van der Waals surface area contributed by atoms with Crippen molar-refractivity contribution in [3.05, 3.63) is 0 Å². The molecule has 7 heavy (non-hydrogen) atoms. The van der Waals surface area contributed by atoms with Gasteiger partial charge in [-0.25, -0.2) is 0 Å². The molecule has 2 nitrogen and oxygen atoms in total. The van der Waals surface area contributed by atoms with Gasteiger partial charge in [-0.05, 0) is 0 Å². The summed E-state index contributed by atoms with van der Waals surface area (Å²) >= 11 is 0.527. The molecular weight excluding hydrogens is 155 g/mol. The zero-order valence-corrected chi connectivity index (χ0v) is 5.93. The summed E-state index contributed by atoms with van der Waals surface area (Å²) < 4.78 is 0.889. The first-order valence-corrected chi connectivity index (χ1v) is 4.32. The molecule has 0 amide bonds. The van der Waals surface area contributed by atoms with Crippen molar-refractivity contribution in [3.8, 4) is 0 Å². The Morgan fingerprint density at radius 3 is 2.86 bits per heavy atom. The first-order valence-electron chi connectivity index (χ1n) is 2.25. The van der Waals surface area contributed by atoms with Gasteiger partial charge in [-0.3, -0.25) is 0 Å². The number of rotatable bonds is 0. The van der Waals surface area contributed by atoms with Crippen molar-refractivity contribution in [2.75, 3.05) is 0 Å². The van der Waals surface area contributed by atoms with Gasteiger partial charge in [0, 0.05) is 0 Å². The van der Waals surface area contributed by atoms with Crippen LogP contribution in [0.15, 0.2) is 4.99 Å². The molecule has 1 unspecified atom stereocenters. The number of nitrogens with zero attached hydrogens (tertiary/aromatic N) is 1. The maximum atomic E-state index is 5.40. The Morgan fingerprint density at radius 1 is 2.00 bits per heavy atom. The Balaban J connectivity index is 2.50. The Bertz CT molecular complexity index is 99.9. The fourth-order valence-corrected chi connectivity index (χ4v) is 2.05. The van der Waals surface area contributed by atoms with E-state index in [-0.39, 0.29) is 0 Å². The SMILES string of the molecule is CC1C[Se]C(N)=N1. The summed E-state index contributed by atoms with van der Waals surface area (Å²) in [4.78, 5) is 4.11. The summed E-state index contributed by atoms with van der Waals surface area (Å²) in [5.74, 6) is 0. The van der Waals surface area contributed by atoms with Gasteiger partial charge in [0.25, 0.3) is 0 Å². The number of hydrogen-bond donors (Lipinski definition) is 1. The number of aliphatic imine (C=N–C) groups is 1. The first kappa shape index (κ1) is 5.13. The van der Waals surface area contributed by atoms with E-state index in [2.05, 4.69) is 11.9 Å². The molecule has 2 N–H and O–H groups in total. The minimum absolute atomic E-state index is 0.514. The zero-order chi connectivity index (χ0) is 5.28. The molecule has 0 aromatic heterocycles. The van der Waals surface area contributed by atoms with E-state index >= 15 is 0 Å². The third kappa shape index (κ3) is 1.18. The minimum atomic E-state index is 0.514. The quantitative estimate of drug-likeness (QED) is 0.494. The molecule has 3 heteroatoms. The molecule has 1 aliphatic heterocycles. The average molecular weight is 163 g/mol. The van der Waals surface area contributed by atoms with Crippen LogP contribution in [0.2, 0.25) is 5.32 Å². The van der Waals surface area contributed by atoms with Gasteiger partial charge in [0.2, 0.25) is 0 Å². The van der Waals surface area contributed by atoms with Crippen molar-refractivity contribution in [3.63, 3.8) is 0 Å². The summed E-state index contributed by atoms with van der Waals surface area (Å²) in [5.41, 5.74) is 5.40. The topological polar surface area (TPSA) is 38.4 Å². The maximum absolute atomic E-state index is 5.40. The van der Waals surface area contributed by atoms with Crippen LogP contribution in [0.4, 0.5) is 0 Å². The molecule has 0 aliphatic carbocycles. The summed E-state index contributed by atoms with van der Waals surface area (Å²) in [6.07, 6.45) is 0. The van der Waals surface area contributed by atoms with Crippen LogP contribution in [-0.4, -0.2) is 25.7 Å². The molecule has 0 aromatic rings. The van der Waals surface area contributed by atoms with Gasteiger partial charge in [-0.2, -0.15) is 0 Å². The Kier molecular flexibility index (Phi) is 1.35. The predicted octanol–water partition coefficient (Wildman–Crippen LogP) is -0.174. The molecule has 40 valence electrons. The molecule has 1 heterocycles. The van der Waals surface area contributed by atoms with Crippen LogP contribution in [0.5, 0.6) is 0 Å². The molecule has 0 bridgehead atoms. The third-order valence-electron chi connectivity index (χ3n) is 0.820. The first-order chi connectivity index (χ1) is 3.29. The van der Waals surface area contributed by atoms with Gasteiger partial charge in [0.05, 0.1) is 0 Å². The van der Waals surface area contributed by atoms with Gasteiger partial charge in [-0.15, -0.1) is 0 Å². The van der Waals surface area contributed by atoms with Crippen LogP contribution in [0.1, 0.15) is 6.92 Å². The van der Waals surface area contributed by atoms with Crippen molar-refractivity contribution < 1.29 is 0 Å². The van der Waals surface area contributed by atoms with Crippen molar-refractivity contribution in [1.29, 1.82) is 0 Å². The van der Waals surface area contributed by atoms with Gasteiger partial charge in [0.1, 0.15) is 0 Å². The summed E-state index contributed by atoms with van der Waals surface area (Å²) in [7, 11) is 0. The molecule has 0 saturated carbocycles. The van der Waals surface area contributed by atoms with Crippen LogP contribution in [0.3, 0.4) is 0 Å². The van der Waals surface area contributed by atoms with Gasteiger partial charge >= 0.3 is 48.7 Å².